The van der Waals surface area contributed by atoms with E-state index >= 15 is 0 Å². The molecule has 7 nitrogen and oxygen atoms in total. The molecule has 254 valence electrons. The van der Waals surface area contributed by atoms with E-state index in [1.807, 2.05) is 98.5 Å². The van der Waals surface area contributed by atoms with Crippen molar-refractivity contribution in [3.63, 3.8) is 0 Å². The smallest absolute Gasteiger partial charge is 0.410 e. The van der Waals surface area contributed by atoms with Gasteiger partial charge in [0, 0.05) is 42.8 Å². The SMILES string of the molecule is CC(C)(C)OC(=O)N1CC2CN(CCOc3ccc(Oc4c(-c5ccc(F)cc5)sc5cc(OCc6ccccc6)ccc45)cc3)CC2C1. The predicted molar refractivity (Wildman–Crippen MR) is 191 cm³/mol. The second kappa shape index (κ2) is 14.1. The van der Waals surface area contributed by atoms with Crippen LogP contribution in [0.3, 0.4) is 0 Å². The summed E-state index contributed by atoms with van der Waals surface area (Å²) >= 11 is 1.59. The Kier molecular flexibility index (Phi) is 9.47. The van der Waals surface area contributed by atoms with Crippen LogP contribution in [0.5, 0.6) is 23.0 Å². The van der Waals surface area contributed by atoms with Crippen molar-refractivity contribution >= 4 is 27.5 Å². The molecule has 9 heteroatoms. The van der Waals surface area contributed by atoms with Gasteiger partial charge in [-0.15, -0.1) is 11.3 Å². The van der Waals surface area contributed by atoms with Gasteiger partial charge in [0.05, 0.1) is 4.88 Å². The van der Waals surface area contributed by atoms with E-state index in [2.05, 4.69) is 4.90 Å². The fourth-order valence-corrected chi connectivity index (χ4v) is 7.70. The Bertz CT molecular complexity index is 1870. The summed E-state index contributed by atoms with van der Waals surface area (Å²) in [5, 5.41) is 0.960. The third-order valence-corrected chi connectivity index (χ3v) is 10.1. The first-order valence-corrected chi connectivity index (χ1v) is 17.6. The molecule has 49 heavy (non-hydrogen) atoms. The molecule has 0 saturated carbocycles. The summed E-state index contributed by atoms with van der Waals surface area (Å²) < 4.78 is 39.1. The number of carbonyl (C=O) groups is 1. The van der Waals surface area contributed by atoms with Gasteiger partial charge in [0.2, 0.25) is 0 Å². The highest BCUT2D eigenvalue weighted by Gasteiger charge is 2.42. The van der Waals surface area contributed by atoms with Crippen molar-refractivity contribution in [3.05, 3.63) is 108 Å². The minimum absolute atomic E-state index is 0.207. The molecule has 0 spiro atoms. The molecule has 2 aliphatic rings. The summed E-state index contributed by atoms with van der Waals surface area (Å²) in [4.78, 5) is 17.7. The third-order valence-electron chi connectivity index (χ3n) is 8.90. The van der Waals surface area contributed by atoms with E-state index in [4.69, 9.17) is 18.9 Å². The van der Waals surface area contributed by atoms with Gasteiger partial charge in [-0.05, 0) is 98.3 Å². The van der Waals surface area contributed by atoms with Crippen LogP contribution < -0.4 is 14.2 Å². The number of amides is 1. The molecule has 3 heterocycles. The molecule has 1 amide bonds. The highest BCUT2D eigenvalue weighted by atomic mass is 32.1. The summed E-state index contributed by atoms with van der Waals surface area (Å²) in [6.45, 7) is 11.0. The number of halogens is 1. The van der Waals surface area contributed by atoms with Crippen molar-refractivity contribution in [2.75, 3.05) is 39.3 Å². The molecule has 2 aliphatic heterocycles. The zero-order valence-electron chi connectivity index (χ0n) is 28.1. The molecule has 0 radical (unpaired) electrons. The summed E-state index contributed by atoms with van der Waals surface area (Å²) in [7, 11) is 0. The highest BCUT2D eigenvalue weighted by Crippen LogP contribution is 2.47. The average molecular weight is 681 g/mol. The van der Waals surface area contributed by atoms with Gasteiger partial charge in [-0.25, -0.2) is 9.18 Å². The summed E-state index contributed by atoms with van der Waals surface area (Å²) in [5.41, 5.74) is 1.51. The molecular weight excluding hydrogens is 640 g/mol. The summed E-state index contributed by atoms with van der Waals surface area (Å²) in [5.74, 6) is 3.63. The van der Waals surface area contributed by atoms with Gasteiger partial charge in [0.25, 0.3) is 0 Å². The molecule has 0 N–H and O–H groups in total. The number of benzene rings is 4. The van der Waals surface area contributed by atoms with E-state index in [1.165, 1.54) is 12.1 Å². The summed E-state index contributed by atoms with van der Waals surface area (Å²) in [6, 6.07) is 30.3. The van der Waals surface area contributed by atoms with Crippen molar-refractivity contribution in [1.82, 2.24) is 9.80 Å². The number of thiophene rings is 1. The maximum Gasteiger partial charge on any atom is 0.410 e. The van der Waals surface area contributed by atoms with Gasteiger partial charge in [-0.1, -0.05) is 42.5 Å². The first kappa shape index (κ1) is 32.9. The number of likely N-dealkylation sites (tertiary alicyclic amines) is 2. The Balaban J connectivity index is 0.970. The molecule has 2 fully saturated rings. The lowest BCUT2D eigenvalue weighted by Gasteiger charge is -2.26. The van der Waals surface area contributed by atoms with Crippen molar-refractivity contribution < 1.29 is 28.1 Å². The average Bonchev–Trinajstić information content (AvgIpc) is 3.77. The molecule has 7 rings (SSSR count). The Morgan fingerprint density at radius 2 is 1.49 bits per heavy atom. The summed E-state index contributed by atoms with van der Waals surface area (Å²) in [6.07, 6.45) is -0.207. The van der Waals surface area contributed by atoms with Gasteiger partial charge in [0.1, 0.15) is 41.9 Å². The third kappa shape index (κ3) is 8.00. The van der Waals surface area contributed by atoms with Gasteiger partial charge >= 0.3 is 6.09 Å². The van der Waals surface area contributed by atoms with Crippen LogP contribution in [0.2, 0.25) is 0 Å². The van der Waals surface area contributed by atoms with Crippen molar-refractivity contribution in [1.29, 1.82) is 0 Å². The molecule has 4 aromatic carbocycles. The molecule has 0 bridgehead atoms. The minimum Gasteiger partial charge on any atom is -0.492 e. The van der Waals surface area contributed by atoms with Crippen LogP contribution in [-0.4, -0.2) is 60.8 Å². The van der Waals surface area contributed by atoms with Gasteiger partial charge in [-0.2, -0.15) is 0 Å². The van der Waals surface area contributed by atoms with E-state index in [1.54, 1.807) is 23.5 Å². The van der Waals surface area contributed by atoms with Crippen molar-refractivity contribution in [2.45, 2.75) is 33.0 Å². The Morgan fingerprint density at radius 1 is 0.816 bits per heavy atom. The first-order valence-electron chi connectivity index (χ1n) is 16.8. The molecule has 1 aromatic heterocycles. The van der Waals surface area contributed by atoms with E-state index in [0.717, 1.165) is 76.1 Å². The van der Waals surface area contributed by atoms with Crippen LogP contribution in [-0.2, 0) is 11.3 Å². The first-order chi connectivity index (χ1) is 23.7. The Morgan fingerprint density at radius 3 is 2.18 bits per heavy atom. The largest absolute Gasteiger partial charge is 0.492 e. The number of ether oxygens (including phenoxy) is 4. The van der Waals surface area contributed by atoms with Gasteiger partial charge < -0.3 is 23.8 Å². The predicted octanol–water partition coefficient (Wildman–Crippen LogP) is 9.26. The maximum absolute atomic E-state index is 13.8. The second-order valence-corrected chi connectivity index (χ2v) is 14.8. The van der Waals surface area contributed by atoms with E-state index in [0.29, 0.717) is 30.8 Å². The van der Waals surface area contributed by atoms with Gasteiger partial charge in [0.15, 0.2) is 5.75 Å². The Hall–Kier alpha value is -4.60. The van der Waals surface area contributed by atoms with E-state index < -0.39 is 5.60 Å². The molecule has 5 aromatic rings. The standard InChI is InChI=1S/C40H41FN2O5S/c1-40(2,3)48-39(44)43-24-29-22-42(23-30(29)25-43)19-20-45-32-13-15-33(16-14-32)47-37-35-18-17-34(46-26-27-7-5-4-6-8-27)21-36(35)49-38(37)28-9-11-31(41)12-10-28/h4-18,21,29-30H,19-20,22-26H2,1-3H3. The van der Waals surface area contributed by atoms with Crippen LogP contribution in [0, 0.1) is 17.7 Å². The van der Waals surface area contributed by atoms with Crippen LogP contribution in [0.4, 0.5) is 9.18 Å². The van der Waals surface area contributed by atoms with Crippen LogP contribution >= 0.6 is 11.3 Å². The zero-order chi connectivity index (χ0) is 34.0. The van der Waals surface area contributed by atoms with Gasteiger partial charge in [-0.3, -0.25) is 4.90 Å². The minimum atomic E-state index is -0.475. The van der Waals surface area contributed by atoms with Crippen LogP contribution in [0.1, 0.15) is 26.3 Å². The highest BCUT2D eigenvalue weighted by molar-refractivity contribution is 7.22. The monoisotopic (exact) mass is 680 g/mol. The molecule has 0 aliphatic carbocycles. The lowest BCUT2D eigenvalue weighted by molar-refractivity contribution is 0.0273. The van der Waals surface area contributed by atoms with Crippen molar-refractivity contribution in [2.24, 2.45) is 11.8 Å². The lowest BCUT2D eigenvalue weighted by atomic mass is 10.0. The van der Waals surface area contributed by atoms with E-state index in [-0.39, 0.29) is 11.9 Å². The number of nitrogens with zero attached hydrogens (tertiary/aromatic N) is 2. The second-order valence-electron chi connectivity index (χ2n) is 13.8. The van der Waals surface area contributed by atoms with Crippen molar-refractivity contribution in [3.8, 4) is 33.4 Å². The normalized spacial score (nSPS) is 17.7. The number of carbonyl (C=O) groups excluding carboxylic acids is 1. The fourth-order valence-electron chi connectivity index (χ4n) is 6.54. The van der Waals surface area contributed by atoms with Crippen LogP contribution in [0.25, 0.3) is 20.5 Å². The number of hydrogen-bond acceptors (Lipinski definition) is 7. The van der Waals surface area contributed by atoms with Crippen LogP contribution in [0.15, 0.2) is 97.1 Å². The van der Waals surface area contributed by atoms with E-state index in [9.17, 15) is 9.18 Å². The zero-order valence-corrected chi connectivity index (χ0v) is 28.9. The maximum atomic E-state index is 13.8. The molecule has 2 saturated heterocycles. The molecule has 2 atom stereocenters. The topological polar surface area (TPSA) is 60.5 Å². The molecule has 2 unspecified atom stereocenters. The quantitative estimate of drug-likeness (QED) is 0.147. The Labute approximate surface area is 290 Å². The number of hydrogen-bond donors (Lipinski definition) is 0. The molecular formula is C40H41FN2O5S. The lowest BCUT2D eigenvalue weighted by Crippen LogP contribution is -2.38. The fraction of sp³-hybridized carbons (Fsp3) is 0.325. The number of rotatable bonds is 10. The number of fused-ring (bicyclic) bond motifs is 2.